The minimum Gasteiger partial charge on any atom is -0.392 e. The normalized spacial score (nSPS) is 60.9. The summed E-state index contributed by atoms with van der Waals surface area (Å²) in [4.78, 5) is 2.33. The molecule has 5 aliphatic carbocycles. The minimum atomic E-state index is -1.55. The van der Waals surface area contributed by atoms with Gasteiger partial charge in [-0.3, -0.25) is 4.90 Å². The number of aliphatic hydroxyl groups excluding tert-OH is 1. The third-order valence-corrected chi connectivity index (χ3v) is 11.5. The molecule has 0 amide bonds. The van der Waals surface area contributed by atoms with Crippen LogP contribution < -0.4 is 0 Å². The molecule has 3 N–H and O–H groups in total. The maximum Gasteiger partial charge on any atom is 0.136 e. The van der Waals surface area contributed by atoms with Gasteiger partial charge in [0.25, 0.3) is 0 Å². The predicted molar refractivity (Wildman–Crippen MR) is 119 cm³/mol. The summed E-state index contributed by atoms with van der Waals surface area (Å²) in [5.41, 5.74) is -3.82. The van der Waals surface area contributed by atoms with E-state index in [2.05, 4.69) is 11.8 Å². The summed E-state index contributed by atoms with van der Waals surface area (Å²) < 4.78 is 24.0. The quantitative estimate of drug-likeness (QED) is 0.512. The van der Waals surface area contributed by atoms with E-state index in [0.29, 0.717) is 19.4 Å². The van der Waals surface area contributed by atoms with Crippen LogP contribution in [0.4, 0.5) is 0 Å². The highest BCUT2D eigenvalue weighted by atomic mass is 16.5. The van der Waals surface area contributed by atoms with Gasteiger partial charge in [-0.05, 0) is 31.7 Å². The smallest absolute Gasteiger partial charge is 0.136 e. The Morgan fingerprint density at radius 2 is 1.82 bits per heavy atom. The molecule has 1 saturated heterocycles. The number of aliphatic hydroxyl groups is 3. The Kier molecular flexibility index (Phi) is 4.99. The third-order valence-electron chi connectivity index (χ3n) is 11.5. The first-order valence-electron chi connectivity index (χ1n) is 12.7. The van der Waals surface area contributed by atoms with Gasteiger partial charge in [-0.25, -0.2) is 0 Å². The Morgan fingerprint density at radius 3 is 2.42 bits per heavy atom. The van der Waals surface area contributed by atoms with Gasteiger partial charge in [0.2, 0.25) is 0 Å². The molecule has 13 atom stereocenters. The van der Waals surface area contributed by atoms with Crippen molar-refractivity contribution < 1.29 is 34.3 Å². The number of ether oxygens (including phenoxy) is 4. The number of hydrogen-bond acceptors (Lipinski definition) is 8. The SMILES string of the molecule is CCN1C[C@]2(COC)CC[C@H](O)[C@]34[C@@H]1[C@@](O)([C@H](OC)[C@@H]23)[C@]1(O)C[C@@H](OC)[C@H]2C[C@H]4[C@@H]1[C@@H]2OC. The highest BCUT2D eigenvalue weighted by molar-refractivity contribution is 5.41. The van der Waals surface area contributed by atoms with Gasteiger partial charge in [0, 0.05) is 70.0 Å². The van der Waals surface area contributed by atoms with Gasteiger partial charge in [0.15, 0.2) is 0 Å². The number of likely N-dealkylation sites (tertiary alicyclic amines) is 1. The van der Waals surface area contributed by atoms with Crippen LogP contribution in [0.1, 0.15) is 32.6 Å². The Balaban J connectivity index is 1.67. The molecule has 0 aromatic carbocycles. The van der Waals surface area contributed by atoms with E-state index in [1.165, 1.54) is 0 Å². The fourth-order valence-electron chi connectivity index (χ4n) is 11.0. The van der Waals surface area contributed by atoms with Crippen LogP contribution in [0.15, 0.2) is 0 Å². The van der Waals surface area contributed by atoms with Crippen molar-refractivity contribution in [2.45, 2.75) is 74.3 Å². The van der Waals surface area contributed by atoms with Crippen molar-refractivity contribution in [3.05, 3.63) is 0 Å². The van der Waals surface area contributed by atoms with Crippen LogP contribution in [0.5, 0.6) is 0 Å². The molecule has 6 rings (SSSR count). The lowest BCUT2D eigenvalue weighted by atomic mass is 9.42. The Morgan fingerprint density at radius 1 is 1.06 bits per heavy atom. The molecule has 1 heterocycles. The lowest BCUT2D eigenvalue weighted by Crippen LogP contribution is -2.82. The summed E-state index contributed by atoms with van der Waals surface area (Å²) in [5, 5.41) is 37.6. The Bertz CT molecular complexity index is 814. The van der Waals surface area contributed by atoms with Crippen LogP contribution in [0.2, 0.25) is 0 Å². The van der Waals surface area contributed by atoms with Crippen molar-refractivity contribution in [2.75, 3.05) is 48.1 Å². The van der Waals surface area contributed by atoms with E-state index in [9.17, 15) is 15.3 Å². The molecule has 33 heavy (non-hydrogen) atoms. The number of nitrogens with zero attached hydrogens (tertiary/aromatic N) is 1. The van der Waals surface area contributed by atoms with Crippen LogP contribution in [-0.4, -0.2) is 110 Å². The topological polar surface area (TPSA) is 101 Å². The summed E-state index contributed by atoms with van der Waals surface area (Å²) >= 11 is 0. The van der Waals surface area contributed by atoms with Crippen LogP contribution in [-0.2, 0) is 18.9 Å². The first-order valence-corrected chi connectivity index (χ1v) is 12.7. The Hall–Kier alpha value is -0.320. The molecule has 6 aliphatic rings. The first-order chi connectivity index (χ1) is 15.8. The maximum absolute atomic E-state index is 12.9. The van der Waals surface area contributed by atoms with Crippen LogP contribution >= 0.6 is 0 Å². The molecule has 1 aliphatic heterocycles. The fraction of sp³-hybridized carbons (Fsp3) is 1.00. The number of hydrogen-bond donors (Lipinski definition) is 3. The predicted octanol–water partition coefficient (Wildman–Crippen LogP) is 0.271. The standard InChI is InChI=1S/C25H41NO7/c1-6-26-11-22(12-30-2)8-7-16(27)24-14-9-13-15(31-3)10-23(28,17(14)18(13)32-4)25(29,21(24)26)20(33-5)19(22)24/h13-21,27-29H,6-12H2,1-5H3/t13-,14+,15-,16+,17-,18-,19+,20-,21-,22+,23+,24+,25+/m1/s1. The van der Waals surface area contributed by atoms with E-state index in [0.717, 1.165) is 25.9 Å². The lowest BCUT2D eigenvalue weighted by Gasteiger charge is -2.69. The lowest BCUT2D eigenvalue weighted by molar-refractivity contribution is -0.318. The molecule has 0 radical (unpaired) electrons. The van der Waals surface area contributed by atoms with Crippen molar-refractivity contribution in [3.63, 3.8) is 0 Å². The summed E-state index contributed by atoms with van der Waals surface area (Å²) in [6.45, 7) is 4.18. The number of likely N-dealkylation sites (N-methyl/N-ethyl adjacent to an activating group) is 1. The molecule has 8 nitrogen and oxygen atoms in total. The molecule has 0 unspecified atom stereocenters. The van der Waals surface area contributed by atoms with Gasteiger partial charge in [0.05, 0.1) is 37.1 Å². The zero-order valence-electron chi connectivity index (χ0n) is 20.6. The zero-order chi connectivity index (χ0) is 23.6. The molecule has 7 bridgehead atoms. The molecular formula is C25H41NO7. The molecule has 188 valence electrons. The zero-order valence-corrected chi connectivity index (χ0v) is 20.6. The van der Waals surface area contributed by atoms with Gasteiger partial charge in [-0.1, -0.05) is 6.92 Å². The van der Waals surface area contributed by atoms with Crippen molar-refractivity contribution in [1.29, 1.82) is 0 Å². The molecule has 0 aromatic rings. The number of fused-ring (bicyclic) bond motifs is 2. The second kappa shape index (κ2) is 7.13. The Labute approximate surface area is 196 Å². The summed E-state index contributed by atoms with van der Waals surface area (Å²) in [6.07, 6.45) is 1.06. The van der Waals surface area contributed by atoms with Gasteiger partial charge < -0.3 is 34.3 Å². The van der Waals surface area contributed by atoms with Crippen LogP contribution in [0, 0.1) is 34.5 Å². The van der Waals surface area contributed by atoms with Gasteiger partial charge >= 0.3 is 0 Å². The molecule has 0 aromatic heterocycles. The summed E-state index contributed by atoms with van der Waals surface area (Å²) in [6, 6.07) is -0.386. The second-order valence-corrected chi connectivity index (χ2v) is 11.9. The van der Waals surface area contributed by atoms with E-state index in [4.69, 9.17) is 18.9 Å². The summed E-state index contributed by atoms with van der Waals surface area (Å²) in [5.74, 6) is -0.231. The van der Waals surface area contributed by atoms with Crippen molar-refractivity contribution in [3.8, 4) is 0 Å². The van der Waals surface area contributed by atoms with Crippen molar-refractivity contribution in [1.82, 2.24) is 4.90 Å². The number of methoxy groups -OCH3 is 4. The monoisotopic (exact) mass is 467 g/mol. The van der Waals surface area contributed by atoms with E-state index in [1.54, 1.807) is 28.4 Å². The van der Waals surface area contributed by atoms with E-state index in [-0.39, 0.29) is 47.3 Å². The van der Waals surface area contributed by atoms with E-state index >= 15 is 0 Å². The molecule has 5 saturated carbocycles. The second-order valence-electron chi connectivity index (χ2n) is 11.9. The largest absolute Gasteiger partial charge is 0.392 e. The number of piperidine rings is 1. The van der Waals surface area contributed by atoms with Gasteiger partial charge in [0.1, 0.15) is 11.2 Å². The number of rotatable bonds is 6. The highest BCUT2D eigenvalue weighted by Gasteiger charge is 2.91. The average molecular weight is 468 g/mol. The highest BCUT2D eigenvalue weighted by Crippen LogP contribution is 2.80. The fourth-order valence-corrected chi connectivity index (χ4v) is 11.0. The van der Waals surface area contributed by atoms with E-state index < -0.39 is 28.8 Å². The van der Waals surface area contributed by atoms with Gasteiger partial charge in [-0.2, -0.15) is 0 Å². The first kappa shape index (κ1) is 23.1. The molecule has 6 fully saturated rings. The van der Waals surface area contributed by atoms with E-state index in [1.807, 2.05) is 0 Å². The van der Waals surface area contributed by atoms with Crippen molar-refractivity contribution >= 4 is 0 Å². The van der Waals surface area contributed by atoms with Crippen molar-refractivity contribution in [2.24, 2.45) is 34.5 Å². The maximum atomic E-state index is 12.9. The molecule has 8 heteroatoms. The summed E-state index contributed by atoms with van der Waals surface area (Å²) in [7, 11) is 6.79. The molecular weight excluding hydrogens is 426 g/mol. The van der Waals surface area contributed by atoms with Gasteiger partial charge in [-0.15, -0.1) is 0 Å². The average Bonchev–Trinajstić information content (AvgIpc) is 3.22. The molecule has 1 spiro atoms. The van der Waals surface area contributed by atoms with Crippen LogP contribution in [0.25, 0.3) is 0 Å². The van der Waals surface area contributed by atoms with Crippen LogP contribution in [0.3, 0.4) is 0 Å². The third kappa shape index (κ3) is 2.20. The minimum absolute atomic E-state index is 0.00825.